The van der Waals surface area contributed by atoms with Gasteiger partial charge in [0.25, 0.3) is 0 Å². The Hall–Kier alpha value is -13.2. The maximum atomic E-state index is 12.2. The maximum Gasteiger partial charge on any atom is 0.219 e. The Balaban J connectivity index is 0.000000107. The minimum atomic E-state index is 0.0848. The largest absolute Gasteiger partial charge is 0.379 e. The third-order valence-electron chi connectivity index (χ3n) is 29.4. The Morgan fingerprint density at radius 2 is 0.821 bits per heavy atom. The number of anilines is 8. The lowest BCUT2D eigenvalue weighted by atomic mass is 9.95. The summed E-state index contributed by atoms with van der Waals surface area (Å²) in [6.07, 6.45) is 25.3. The summed E-state index contributed by atoms with van der Waals surface area (Å²) in [6.45, 7) is 25.5. The van der Waals surface area contributed by atoms with Crippen LogP contribution in [0.3, 0.4) is 0 Å². The third kappa shape index (κ3) is 16.5. The fraction of sp³-hybridized carbons (Fsp3) is 0.465. The molecule has 0 saturated carbocycles. The summed E-state index contributed by atoms with van der Waals surface area (Å²) in [4.78, 5) is 74.2. The van der Waals surface area contributed by atoms with Crippen LogP contribution in [0.4, 0.5) is 46.0 Å². The summed E-state index contributed by atoms with van der Waals surface area (Å²) in [6, 6.07) is 30.1. The first-order valence-electron chi connectivity index (χ1n) is 47.7. The highest BCUT2D eigenvalue weighted by atomic mass is 16.5. The number of rotatable bonds is 13. The molecule has 0 radical (unpaired) electrons. The minimum Gasteiger partial charge on any atom is -0.379 e. The molecule has 4 amide bonds. The number of nitriles is 1. The Morgan fingerprint density at radius 1 is 0.410 bits per heavy atom. The lowest BCUT2D eigenvalue weighted by Gasteiger charge is -2.33. The van der Waals surface area contributed by atoms with Gasteiger partial charge in [0.15, 0.2) is 23.3 Å². The molecule has 2 unspecified atom stereocenters. The Morgan fingerprint density at radius 3 is 1.20 bits per heavy atom. The number of fused-ring (bicyclic) bond motifs is 8. The molecule has 12 aromatic rings. The number of carbonyl (C=O) groups excluding carboxylic acids is 4. The van der Waals surface area contributed by atoms with Crippen LogP contribution < -0.4 is 19.6 Å². The van der Waals surface area contributed by atoms with Crippen molar-refractivity contribution in [3.8, 4) is 50.6 Å². The normalized spacial score (nSPS) is 19.4. The number of ether oxygens (including phenoxy) is 4. The molecule has 0 N–H and O–H groups in total. The van der Waals surface area contributed by atoms with Gasteiger partial charge in [-0.05, 0) is 158 Å². The van der Waals surface area contributed by atoms with Crippen molar-refractivity contribution >= 4 is 69.6 Å². The van der Waals surface area contributed by atoms with Gasteiger partial charge in [0, 0.05) is 273 Å². The Kier molecular flexibility index (Phi) is 23.9. The van der Waals surface area contributed by atoms with Crippen LogP contribution in [0.25, 0.3) is 44.5 Å². The van der Waals surface area contributed by atoms with Crippen molar-refractivity contribution in [3.05, 3.63) is 195 Å². The van der Waals surface area contributed by atoms with E-state index in [9.17, 15) is 24.4 Å². The molecule has 4 saturated heterocycles. The topological polar surface area (TPSA) is 305 Å². The van der Waals surface area contributed by atoms with Gasteiger partial charge in [0.1, 0.15) is 6.33 Å². The molecule has 24 rings (SSSR count). The number of aromatic nitrogens is 16. The van der Waals surface area contributed by atoms with Crippen LogP contribution in [-0.2, 0) is 130 Å². The summed E-state index contributed by atoms with van der Waals surface area (Å²) in [5.41, 5.74) is 31.0. The molecule has 134 heavy (non-hydrogen) atoms. The fourth-order valence-electron chi connectivity index (χ4n) is 21.9. The molecule has 12 aliphatic heterocycles. The second kappa shape index (κ2) is 36.7. The highest BCUT2D eigenvalue weighted by Gasteiger charge is 2.42. The van der Waals surface area contributed by atoms with Crippen molar-refractivity contribution in [3.63, 3.8) is 0 Å². The second-order valence-corrected chi connectivity index (χ2v) is 37.8. The third-order valence-corrected chi connectivity index (χ3v) is 29.4. The first-order valence-corrected chi connectivity index (χ1v) is 47.7. The smallest absolute Gasteiger partial charge is 0.219 e. The molecule has 0 bridgehead atoms. The van der Waals surface area contributed by atoms with Crippen LogP contribution in [0.15, 0.2) is 116 Å². The molecule has 3 atom stereocenters. The molecule has 8 aromatic heterocycles. The van der Waals surface area contributed by atoms with Crippen molar-refractivity contribution in [2.45, 2.75) is 181 Å². The van der Waals surface area contributed by atoms with E-state index >= 15 is 0 Å². The lowest BCUT2D eigenvalue weighted by Crippen LogP contribution is -2.37. The molecule has 4 aromatic carbocycles. The summed E-state index contributed by atoms with van der Waals surface area (Å²) in [5, 5.41) is 43.4. The number of benzene rings is 4. The van der Waals surface area contributed by atoms with E-state index < -0.39 is 0 Å². The van der Waals surface area contributed by atoms with Crippen molar-refractivity contribution in [1.82, 2.24) is 98.0 Å². The first kappa shape index (κ1) is 87.5. The van der Waals surface area contributed by atoms with E-state index in [0.29, 0.717) is 91.4 Å². The molecular formula is C101H117N25O8. The zero-order valence-corrected chi connectivity index (χ0v) is 78.1. The highest BCUT2D eigenvalue weighted by Crippen LogP contribution is 2.50. The molecule has 20 heterocycles. The molecule has 0 aliphatic carbocycles. The molecule has 33 heteroatoms. The van der Waals surface area contributed by atoms with Gasteiger partial charge in [0.05, 0.1) is 114 Å². The van der Waals surface area contributed by atoms with E-state index in [1.54, 1.807) is 38.7 Å². The predicted octanol–water partition coefficient (Wildman–Crippen LogP) is 12.9. The van der Waals surface area contributed by atoms with E-state index in [1.807, 2.05) is 81.1 Å². The average Bonchev–Trinajstić information content (AvgIpc) is 1.61. The van der Waals surface area contributed by atoms with Crippen LogP contribution in [-0.4, -0.2) is 227 Å². The van der Waals surface area contributed by atoms with Crippen LogP contribution in [0, 0.1) is 25.2 Å². The molecule has 12 aliphatic rings. The molecule has 0 spiro atoms. The van der Waals surface area contributed by atoms with Crippen molar-refractivity contribution in [1.29, 1.82) is 5.26 Å². The van der Waals surface area contributed by atoms with Crippen LogP contribution in [0.2, 0.25) is 0 Å². The van der Waals surface area contributed by atoms with Gasteiger partial charge in [-0.1, -0.05) is 24.3 Å². The number of hydrogen-bond donors (Lipinski definition) is 0. The van der Waals surface area contributed by atoms with Gasteiger partial charge in [-0.15, -0.1) is 0 Å². The summed E-state index contributed by atoms with van der Waals surface area (Å²) in [5.74, 6) is 4.48. The quantitative estimate of drug-likeness (QED) is 0.104. The van der Waals surface area contributed by atoms with Gasteiger partial charge in [-0.25, -0.2) is 9.97 Å². The van der Waals surface area contributed by atoms with Gasteiger partial charge in [-0.3, -0.25) is 52.0 Å². The zero-order valence-electron chi connectivity index (χ0n) is 78.1. The lowest BCUT2D eigenvalue weighted by molar-refractivity contribution is -0.130. The van der Waals surface area contributed by atoms with Crippen molar-refractivity contribution in [2.75, 3.05) is 125 Å². The van der Waals surface area contributed by atoms with Gasteiger partial charge in [0.2, 0.25) is 23.6 Å². The van der Waals surface area contributed by atoms with Crippen LogP contribution >= 0.6 is 0 Å². The van der Waals surface area contributed by atoms with Crippen LogP contribution in [0.5, 0.6) is 0 Å². The monoisotopic (exact) mass is 1810 g/mol. The van der Waals surface area contributed by atoms with Gasteiger partial charge in [-0.2, -0.15) is 41.0 Å². The molecule has 4 fully saturated rings. The van der Waals surface area contributed by atoms with E-state index in [0.717, 1.165) is 198 Å². The minimum absolute atomic E-state index is 0.0848. The summed E-state index contributed by atoms with van der Waals surface area (Å²) < 4.78 is 36.6. The average molecular weight is 1810 g/mol. The van der Waals surface area contributed by atoms with Gasteiger partial charge < -0.3 is 58.1 Å². The van der Waals surface area contributed by atoms with Crippen LogP contribution in [0.1, 0.15) is 175 Å². The number of nitrogens with zero attached hydrogens (tertiary/aromatic N) is 25. The SMILES string of the molecule is CC(=O)N1CCc2c(c(N3CCCc4cc(-c5cn(C)nc5C)ccc43)nn2C2CCOC2)C1.CC(=O)N1CCc2c(c(N3CCCc4cc(-c5cncnc5)ccc43)nn2C2COC2)C1.CC(=O)N1CCc2c(c(N3CCCc4cc(-c5cnn(C)c5C)ccc43)nn2C2CCOC2)C1.CC(=O)N1CCc2c(c(N3C[C@H](CC#N)c4cc(-c5cnn(C)c5)ccc43)nn2C2COC2)C1. The highest BCUT2D eigenvalue weighted by molar-refractivity contribution is 5.83. The predicted molar refractivity (Wildman–Crippen MR) is 506 cm³/mol. The van der Waals surface area contributed by atoms with E-state index in [4.69, 9.17) is 39.3 Å². The standard InChI is InChI=1S/2C26H32N6O2.C25H27N7O2.C24H26N6O2/c1-17-22(14-29(3)27-17)19-6-7-24-20(13-19)5-4-10-31(24)26-23-15-30(18(2)33)11-8-25(23)32(28-26)21-9-12-34-16-21;1-17-22(14-27-29(17)3)19-6-7-24-20(13-19)5-4-10-31(24)26-23-15-30(18(2)33)11-8-25(23)32(28-26)21-9-12-34-16-21;1-16(33)30-8-6-24-22(13-30)25(28-32(24)20-14-34-15-20)31-12-18(5-7-26)21-9-17(3-4-23(21)31)19-10-27-29(2)11-19;1-16(31)28-8-6-23-21(12-28)24(27-30(23)20-13-32-14-20)29-7-2-3-18-9-17(4-5-22(18)29)19-10-25-15-26-11-19/h2*6-7,13-14,21H,4-5,8-12,15-16H2,1-3H3;3-4,9-11,18,20H,5-6,8,12-15H2,1-2H3;4-5,9-11,15,20H,2-3,6-8,12-14H2,1H3/t;;18-;/m..0./s1. The molecule has 33 nitrogen and oxygen atoms in total. The first-order chi connectivity index (χ1) is 65.2. The van der Waals surface area contributed by atoms with E-state index in [1.165, 1.54) is 101 Å². The van der Waals surface area contributed by atoms with Gasteiger partial charge >= 0.3 is 0 Å². The fourth-order valence-corrected chi connectivity index (χ4v) is 21.9. The zero-order chi connectivity index (χ0) is 91.8. The molecular weight excluding hydrogens is 1690 g/mol. The van der Waals surface area contributed by atoms with Crippen molar-refractivity contribution in [2.24, 2.45) is 21.1 Å². The van der Waals surface area contributed by atoms with E-state index in [-0.39, 0.29) is 47.7 Å². The Bertz CT molecular complexity index is 6390. The number of hydrogen-bond acceptors (Lipinski definition) is 22. The summed E-state index contributed by atoms with van der Waals surface area (Å²) in [7, 11) is 5.86. The summed E-state index contributed by atoms with van der Waals surface area (Å²) >= 11 is 0. The maximum absolute atomic E-state index is 12.2. The number of aryl methyl sites for hydroxylation is 7. The molecule has 694 valence electrons. The number of carbonyl (C=O) groups is 4. The van der Waals surface area contributed by atoms with E-state index in [2.05, 4.69) is 163 Å². The van der Waals surface area contributed by atoms with Crippen molar-refractivity contribution < 1.29 is 38.1 Å². The Labute approximate surface area is 779 Å². The number of amides is 4. The second-order valence-electron chi connectivity index (χ2n) is 37.8.